The molecule has 0 fully saturated rings. The zero-order chi connectivity index (χ0) is 21.5. The molecule has 0 radical (unpaired) electrons. The number of carboxylic acids is 1. The Kier molecular flexibility index (Phi) is 10.0. The average molecular weight is 381 g/mol. The minimum absolute atomic E-state index is 0.0122. The van der Waals surface area contributed by atoms with Crippen molar-refractivity contribution >= 4 is 11.9 Å². The van der Waals surface area contributed by atoms with Crippen molar-refractivity contribution in [3.8, 4) is 0 Å². The van der Waals surface area contributed by atoms with Crippen LogP contribution in [0.1, 0.15) is 55.4 Å². The predicted molar refractivity (Wildman–Crippen MR) is 113 cm³/mol. The van der Waals surface area contributed by atoms with Gasteiger partial charge in [-0.05, 0) is 31.2 Å². The van der Waals surface area contributed by atoms with Gasteiger partial charge in [0.15, 0.2) is 0 Å². The summed E-state index contributed by atoms with van der Waals surface area (Å²) in [6.45, 7) is 16.1. The van der Waals surface area contributed by atoms with Crippen LogP contribution < -0.4 is 5.32 Å². The van der Waals surface area contributed by atoms with E-state index < -0.39 is 5.97 Å². The molecule has 0 saturated carbocycles. The molecule has 5 heteroatoms. The Morgan fingerprint density at radius 1 is 1.04 bits per heavy atom. The van der Waals surface area contributed by atoms with Gasteiger partial charge in [0.05, 0.1) is 12.0 Å². The number of nitrogens with zero attached hydrogens (tertiary/aromatic N) is 1. The number of likely N-dealkylation sites (N-methyl/N-ethyl adjacent to an activating group) is 2. The van der Waals surface area contributed by atoms with E-state index in [0.29, 0.717) is 0 Å². The maximum absolute atomic E-state index is 13.2. The number of hydrogen-bond donors (Lipinski definition) is 2. The summed E-state index contributed by atoms with van der Waals surface area (Å²) in [5.74, 6) is -0.939. The highest BCUT2D eigenvalue weighted by Gasteiger charge is 2.29. The molecule has 27 heavy (non-hydrogen) atoms. The SMILES string of the molecule is CNC(/C=C/C(C(=O)N(C)C(/C=C(\C)C(=O)O)C(C)C)C(C)C)C(C)(C)C. The summed E-state index contributed by atoms with van der Waals surface area (Å²) < 4.78 is 0. The molecule has 0 aliphatic rings. The van der Waals surface area contributed by atoms with Crippen LogP contribution in [0.5, 0.6) is 0 Å². The van der Waals surface area contributed by atoms with E-state index in [2.05, 4.69) is 32.2 Å². The summed E-state index contributed by atoms with van der Waals surface area (Å²) in [6.07, 6.45) is 5.76. The largest absolute Gasteiger partial charge is 0.478 e. The zero-order valence-corrected chi connectivity index (χ0v) is 18.8. The van der Waals surface area contributed by atoms with E-state index in [-0.39, 0.29) is 46.7 Å². The lowest BCUT2D eigenvalue weighted by molar-refractivity contribution is -0.136. The first-order valence-corrected chi connectivity index (χ1v) is 9.77. The number of amides is 1. The van der Waals surface area contributed by atoms with Crippen LogP contribution in [0.25, 0.3) is 0 Å². The first-order chi connectivity index (χ1) is 12.2. The quantitative estimate of drug-likeness (QED) is 0.469. The molecule has 0 aromatic carbocycles. The van der Waals surface area contributed by atoms with E-state index in [0.717, 1.165) is 0 Å². The Hall–Kier alpha value is -1.62. The van der Waals surface area contributed by atoms with Crippen LogP contribution >= 0.6 is 0 Å². The fourth-order valence-electron chi connectivity index (χ4n) is 3.10. The highest BCUT2D eigenvalue weighted by Crippen LogP contribution is 2.24. The van der Waals surface area contributed by atoms with E-state index in [1.165, 1.54) is 0 Å². The van der Waals surface area contributed by atoms with E-state index >= 15 is 0 Å². The molecule has 3 unspecified atom stereocenters. The predicted octanol–water partition coefficient (Wildman–Crippen LogP) is 3.96. The monoisotopic (exact) mass is 380 g/mol. The molecule has 3 atom stereocenters. The standard InChI is InChI=1S/C22H40N2O3/c1-14(2)17(11-12-19(23-9)22(6,7)8)20(25)24(10)18(15(3)4)13-16(5)21(26)27/h11-15,17-19,23H,1-10H3,(H,26,27)/b12-11+,16-13+. The van der Waals surface area contributed by atoms with Crippen molar-refractivity contribution in [1.29, 1.82) is 0 Å². The van der Waals surface area contributed by atoms with Gasteiger partial charge in [-0.1, -0.05) is 66.7 Å². The van der Waals surface area contributed by atoms with E-state index in [1.54, 1.807) is 24.9 Å². The van der Waals surface area contributed by atoms with Gasteiger partial charge in [-0.25, -0.2) is 4.79 Å². The Bertz CT molecular complexity index is 556. The summed E-state index contributed by atoms with van der Waals surface area (Å²) in [6, 6.07) is -0.0992. The molecule has 5 nitrogen and oxygen atoms in total. The van der Waals surface area contributed by atoms with Crippen molar-refractivity contribution in [3.05, 3.63) is 23.8 Å². The molecular weight excluding hydrogens is 340 g/mol. The molecule has 0 saturated heterocycles. The van der Waals surface area contributed by atoms with Gasteiger partial charge in [-0.2, -0.15) is 0 Å². The number of hydrogen-bond acceptors (Lipinski definition) is 3. The molecule has 0 aliphatic heterocycles. The summed E-state index contributed by atoms with van der Waals surface area (Å²) in [7, 11) is 3.69. The van der Waals surface area contributed by atoms with Gasteiger partial charge in [0.2, 0.25) is 5.91 Å². The second-order valence-electron chi connectivity index (χ2n) is 9.13. The van der Waals surface area contributed by atoms with Crippen molar-refractivity contribution in [3.63, 3.8) is 0 Å². The van der Waals surface area contributed by atoms with Gasteiger partial charge in [0.1, 0.15) is 0 Å². The summed E-state index contributed by atoms with van der Waals surface area (Å²) in [5.41, 5.74) is 0.303. The third-order valence-electron chi connectivity index (χ3n) is 4.99. The molecule has 0 rings (SSSR count). The lowest BCUT2D eigenvalue weighted by atomic mass is 9.84. The summed E-state index contributed by atoms with van der Waals surface area (Å²) in [5, 5.41) is 12.5. The topological polar surface area (TPSA) is 69.6 Å². The molecule has 156 valence electrons. The highest BCUT2D eigenvalue weighted by molar-refractivity contribution is 5.86. The van der Waals surface area contributed by atoms with Crippen molar-refractivity contribution in [1.82, 2.24) is 10.2 Å². The van der Waals surface area contributed by atoms with Gasteiger partial charge in [0.25, 0.3) is 0 Å². The summed E-state index contributed by atoms with van der Waals surface area (Å²) in [4.78, 5) is 26.1. The fourth-order valence-corrected chi connectivity index (χ4v) is 3.10. The normalized spacial score (nSPS) is 16.7. The third-order valence-corrected chi connectivity index (χ3v) is 4.99. The Labute approximate surface area is 165 Å². The van der Waals surface area contributed by atoms with Gasteiger partial charge < -0.3 is 15.3 Å². The van der Waals surface area contributed by atoms with E-state index in [9.17, 15) is 14.7 Å². The maximum atomic E-state index is 13.2. The van der Waals surface area contributed by atoms with Gasteiger partial charge in [-0.3, -0.25) is 4.79 Å². The molecule has 0 heterocycles. The molecule has 1 amide bonds. The van der Waals surface area contributed by atoms with Gasteiger partial charge in [0, 0.05) is 18.7 Å². The first-order valence-electron chi connectivity index (χ1n) is 9.77. The Morgan fingerprint density at radius 2 is 1.56 bits per heavy atom. The average Bonchev–Trinajstić information content (AvgIpc) is 2.53. The Balaban J connectivity index is 5.68. The van der Waals surface area contributed by atoms with E-state index in [4.69, 9.17) is 0 Å². The number of carbonyl (C=O) groups is 2. The van der Waals surface area contributed by atoms with Crippen LogP contribution in [0.4, 0.5) is 0 Å². The molecule has 0 aromatic heterocycles. The molecule has 0 aliphatic carbocycles. The fraction of sp³-hybridized carbons (Fsp3) is 0.727. The molecule has 2 N–H and O–H groups in total. The second-order valence-corrected chi connectivity index (χ2v) is 9.13. The van der Waals surface area contributed by atoms with Crippen molar-refractivity contribution in [2.75, 3.05) is 14.1 Å². The van der Waals surface area contributed by atoms with Crippen molar-refractivity contribution in [2.45, 2.75) is 67.5 Å². The lowest BCUT2D eigenvalue weighted by Crippen LogP contribution is -2.44. The number of nitrogens with one attached hydrogen (secondary N) is 1. The first kappa shape index (κ1) is 25.4. The smallest absolute Gasteiger partial charge is 0.331 e. The number of carbonyl (C=O) groups excluding carboxylic acids is 1. The third kappa shape index (κ3) is 7.87. The molecular formula is C22H40N2O3. The van der Waals surface area contributed by atoms with Gasteiger partial charge in [-0.15, -0.1) is 0 Å². The van der Waals surface area contributed by atoms with Crippen LogP contribution in [0.2, 0.25) is 0 Å². The molecule has 0 spiro atoms. The maximum Gasteiger partial charge on any atom is 0.331 e. The zero-order valence-electron chi connectivity index (χ0n) is 18.8. The second kappa shape index (κ2) is 10.6. The highest BCUT2D eigenvalue weighted by atomic mass is 16.4. The van der Waals surface area contributed by atoms with Crippen LogP contribution in [0.15, 0.2) is 23.8 Å². The minimum Gasteiger partial charge on any atom is -0.478 e. The summed E-state index contributed by atoms with van der Waals surface area (Å²) >= 11 is 0. The Morgan fingerprint density at radius 3 is 1.89 bits per heavy atom. The molecule has 0 bridgehead atoms. The number of carboxylic acid groups (broad SMARTS) is 1. The minimum atomic E-state index is -0.955. The van der Waals surface area contributed by atoms with Crippen molar-refractivity contribution < 1.29 is 14.7 Å². The molecule has 0 aromatic rings. The van der Waals surface area contributed by atoms with Crippen LogP contribution in [-0.4, -0.2) is 48.1 Å². The number of rotatable bonds is 9. The van der Waals surface area contributed by atoms with Crippen LogP contribution in [-0.2, 0) is 9.59 Å². The van der Waals surface area contributed by atoms with Gasteiger partial charge >= 0.3 is 5.97 Å². The van der Waals surface area contributed by atoms with Crippen molar-refractivity contribution in [2.24, 2.45) is 23.2 Å². The number of aliphatic carboxylic acids is 1. The van der Waals surface area contributed by atoms with Crippen LogP contribution in [0, 0.1) is 23.2 Å². The lowest BCUT2D eigenvalue weighted by Gasteiger charge is -2.33. The van der Waals surface area contributed by atoms with E-state index in [1.807, 2.05) is 40.8 Å². The van der Waals surface area contributed by atoms with Crippen LogP contribution in [0.3, 0.4) is 0 Å².